The summed E-state index contributed by atoms with van der Waals surface area (Å²) in [5.74, 6) is 0.0913. The molecular formula is C14H22Cl2N2O2. The van der Waals surface area contributed by atoms with Crippen molar-refractivity contribution in [3.63, 3.8) is 0 Å². The number of rotatable bonds is 8. The molecule has 0 aliphatic rings. The number of carbonyl (C=O) groups is 1. The minimum atomic E-state index is 0. The molecule has 0 aliphatic heterocycles. The number of nitrogens with zero attached hydrogens (tertiary/aromatic N) is 1. The van der Waals surface area contributed by atoms with E-state index < -0.39 is 0 Å². The van der Waals surface area contributed by atoms with E-state index in [0.29, 0.717) is 37.8 Å². The van der Waals surface area contributed by atoms with Crippen LogP contribution in [0.25, 0.3) is 0 Å². The number of likely N-dealkylation sites (N-methyl/N-ethyl adjacent to an activating group) is 1. The van der Waals surface area contributed by atoms with Crippen LogP contribution >= 0.6 is 24.0 Å². The molecule has 0 fully saturated rings. The van der Waals surface area contributed by atoms with Gasteiger partial charge in [0, 0.05) is 31.8 Å². The number of nitrogens with one attached hydrogen (secondary N) is 1. The van der Waals surface area contributed by atoms with E-state index in [0.717, 1.165) is 5.56 Å². The zero-order valence-corrected chi connectivity index (χ0v) is 13.5. The van der Waals surface area contributed by atoms with Crippen LogP contribution in [-0.2, 0) is 16.1 Å². The highest BCUT2D eigenvalue weighted by molar-refractivity contribution is 6.30. The highest BCUT2D eigenvalue weighted by Crippen LogP contribution is 2.11. The van der Waals surface area contributed by atoms with Gasteiger partial charge in [0.25, 0.3) is 0 Å². The standard InChI is InChI=1S/C14H21ClN2O2.ClH/c1-3-17(14(18)10-16-8-9-19-2)11-12-4-6-13(15)7-5-12;/h4-7,16H,3,8-11H2,1-2H3;1H. The first-order chi connectivity index (χ1) is 9.17. The Kier molecular flexibility index (Phi) is 10.5. The largest absolute Gasteiger partial charge is 0.383 e. The van der Waals surface area contributed by atoms with Crippen LogP contribution in [0.2, 0.25) is 5.02 Å². The third-order valence-corrected chi connectivity index (χ3v) is 3.03. The molecule has 6 heteroatoms. The monoisotopic (exact) mass is 320 g/mol. The summed E-state index contributed by atoms with van der Waals surface area (Å²) < 4.78 is 4.92. The molecule has 0 aliphatic carbocycles. The molecule has 0 saturated heterocycles. The maximum atomic E-state index is 12.0. The molecule has 20 heavy (non-hydrogen) atoms. The van der Waals surface area contributed by atoms with Crippen molar-refractivity contribution in [2.24, 2.45) is 0 Å². The van der Waals surface area contributed by atoms with Crippen molar-refractivity contribution < 1.29 is 9.53 Å². The lowest BCUT2D eigenvalue weighted by Gasteiger charge is -2.21. The van der Waals surface area contributed by atoms with Crippen LogP contribution in [0.15, 0.2) is 24.3 Å². The molecule has 0 radical (unpaired) electrons. The third kappa shape index (κ3) is 7.10. The molecule has 0 aromatic heterocycles. The summed E-state index contributed by atoms with van der Waals surface area (Å²) in [5, 5.41) is 3.77. The summed E-state index contributed by atoms with van der Waals surface area (Å²) in [6, 6.07) is 7.56. The Morgan fingerprint density at radius 3 is 2.55 bits per heavy atom. The maximum absolute atomic E-state index is 12.0. The fourth-order valence-corrected chi connectivity index (χ4v) is 1.79. The van der Waals surface area contributed by atoms with E-state index in [4.69, 9.17) is 16.3 Å². The molecular weight excluding hydrogens is 299 g/mol. The van der Waals surface area contributed by atoms with Gasteiger partial charge in [-0.25, -0.2) is 0 Å². The minimum Gasteiger partial charge on any atom is -0.383 e. The number of hydrogen-bond donors (Lipinski definition) is 1. The van der Waals surface area contributed by atoms with Gasteiger partial charge in [-0.05, 0) is 24.6 Å². The van der Waals surface area contributed by atoms with E-state index >= 15 is 0 Å². The smallest absolute Gasteiger partial charge is 0.236 e. The second kappa shape index (κ2) is 10.9. The Hall–Kier alpha value is -0.810. The van der Waals surface area contributed by atoms with Gasteiger partial charge in [-0.2, -0.15) is 0 Å². The van der Waals surface area contributed by atoms with Gasteiger partial charge in [0.05, 0.1) is 13.2 Å². The van der Waals surface area contributed by atoms with Crippen molar-refractivity contribution in [1.29, 1.82) is 0 Å². The maximum Gasteiger partial charge on any atom is 0.236 e. The van der Waals surface area contributed by atoms with Crippen LogP contribution in [0.5, 0.6) is 0 Å². The number of benzene rings is 1. The Labute approximate surface area is 131 Å². The molecule has 4 nitrogen and oxygen atoms in total. The molecule has 0 spiro atoms. The first-order valence-electron chi connectivity index (χ1n) is 6.39. The van der Waals surface area contributed by atoms with E-state index in [1.807, 2.05) is 36.1 Å². The molecule has 1 amide bonds. The van der Waals surface area contributed by atoms with Crippen molar-refractivity contribution >= 4 is 29.9 Å². The first kappa shape index (κ1) is 19.2. The summed E-state index contributed by atoms with van der Waals surface area (Å²) in [5.41, 5.74) is 1.08. The number of methoxy groups -OCH3 is 1. The summed E-state index contributed by atoms with van der Waals surface area (Å²) in [7, 11) is 1.64. The van der Waals surface area contributed by atoms with Crippen LogP contribution in [0.4, 0.5) is 0 Å². The van der Waals surface area contributed by atoms with Crippen molar-refractivity contribution in [3.05, 3.63) is 34.9 Å². The molecule has 1 rings (SSSR count). The molecule has 0 heterocycles. The van der Waals surface area contributed by atoms with Crippen molar-refractivity contribution in [2.75, 3.05) is 33.4 Å². The van der Waals surface area contributed by atoms with Gasteiger partial charge in [0.1, 0.15) is 0 Å². The fourth-order valence-electron chi connectivity index (χ4n) is 1.67. The van der Waals surface area contributed by atoms with Gasteiger partial charge in [0.15, 0.2) is 0 Å². The SMILES string of the molecule is CCN(Cc1ccc(Cl)cc1)C(=O)CNCCOC.Cl. The number of ether oxygens (including phenoxy) is 1. The third-order valence-electron chi connectivity index (χ3n) is 2.78. The molecule has 1 aromatic rings. The lowest BCUT2D eigenvalue weighted by molar-refractivity contribution is -0.130. The summed E-state index contributed by atoms with van der Waals surface area (Å²) >= 11 is 5.84. The van der Waals surface area contributed by atoms with Crippen LogP contribution in [0.1, 0.15) is 12.5 Å². The lowest BCUT2D eigenvalue weighted by Crippen LogP contribution is -2.38. The summed E-state index contributed by atoms with van der Waals surface area (Å²) in [6.45, 7) is 4.90. The predicted octanol–water partition coefficient (Wildman–Crippen LogP) is 2.35. The Bertz CT molecular complexity index is 385. The highest BCUT2D eigenvalue weighted by atomic mass is 35.5. The van der Waals surface area contributed by atoms with Crippen molar-refractivity contribution in [2.45, 2.75) is 13.5 Å². The number of hydrogen-bond acceptors (Lipinski definition) is 3. The van der Waals surface area contributed by atoms with Gasteiger partial charge in [-0.1, -0.05) is 23.7 Å². The average molecular weight is 321 g/mol. The Morgan fingerprint density at radius 1 is 1.35 bits per heavy atom. The van der Waals surface area contributed by atoms with Gasteiger partial charge >= 0.3 is 0 Å². The number of halogens is 2. The first-order valence-corrected chi connectivity index (χ1v) is 6.77. The van der Waals surface area contributed by atoms with Gasteiger partial charge in [-0.3, -0.25) is 4.79 Å². The Balaban J connectivity index is 0.00000361. The van der Waals surface area contributed by atoms with E-state index in [1.54, 1.807) is 7.11 Å². The van der Waals surface area contributed by atoms with E-state index in [2.05, 4.69) is 5.32 Å². The van der Waals surface area contributed by atoms with Crippen LogP contribution in [0.3, 0.4) is 0 Å². The Morgan fingerprint density at radius 2 is 2.00 bits per heavy atom. The second-order valence-electron chi connectivity index (χ2n) is 4.20. The van der Waals surface area contributed by atoms with E-state index in [1.165, 1.54) is 0 Å². The van der Waals surface area contributed by atoms with Crippen molar-refractivity contribution in [1.82, 2.24) is 10.2 Å². The predicted molar refractivity (Wildman–Crippen MR) is 84.5 cm³/mol. The normalized spacial score (nSPS) is 9.95. The van der Waals surface area contributed by atoms with E-state index in [-0.39, 0.29) is 18.3 Å². The zero-order valence-electron chi connectivity index (χ0n) is 11.9. The van der Waals surface area contributed by atoms with Gasteiger partial charge < -0.3 is 15.0 Å². The average Bonchev–Trinajstić information content (AvgIpc) is 2.42. The van der Waals surface area contributed by atoms with Crippen LogP contribution < -0.4 is 5.32 Å². The zero-order chi connectivity index (χ0) is 14.1. The number of amides is 1. The molecule has 0 atom stereocenters. The fraction of sp³-hybridized carbons (Fsp3) is 0.500. The van der Waals surface area contributed by atoms with E-state index in [9.17, 15) is 4.79 Å². The van der Waals surface area contributed by atoms with Crippen LogP contribution in [0, 0.1) is 0 Å². The molecule has 1 aromatic carbocycles. The number of carbonyl (C=O) groups excluding carboxylic acids is 1. The highest BCUT2D eigenvalue weighted by Gasteiger charge is 2.11. The van der Waals surface area contributed by atoms with Gasteiger partial charge in [0.2, 0.25) is 5.91 Å². The minimum absolute atomic E-state index is 0. The van der Waals surface area contributed by atoms with Crippen LogP contribution in [-0.4, -0.2) is 44.2 Å². The molecule has 114 valence electrons. The quantitative estimate of drug-likeness (QED) is 0.747. The topological polar surface area (TPSA) is 41.6 Å². The molecule has 0 saturated carbocycles. The summed E-state index contributed by atoms with van der Waals surface area (Å²) in [6.07, 6.45) is 0. The van der Waals surface area contributed by atoms with Crippen molar-refractivity contribution in [3.8, 4) is 0 Å². The molecule has 1 N–H and O–H groups in total. The molecule has 0 unspecified atom stereocenters. The second-order valence-corrected chi connectivity index (χ2v) is 4.64. The molecule has 0 bridgehead atoms. The lowest BCUT2D eigenvalue weighted by atomic mass is 10.2. The summed E-state index contributed by atoms with van der Waals surface area (Å²) in [4.78, 5) is 13.8. The van der Waals surface area contributed by atoms with Gasteiger partial charge in [-0.15, -0.1) is 12.4 Å².